The van der Waals surface area contributed by atoms with Gasteiger partial charge in [-0.1, -0.05) is 30.3 Å². The highest BCUT2D eigenvalue weighted by atomic mass is 35.5. The summed E-state index contributed by atoms with van der Waals surface area (Å²) < 4.78 is 0. The summed E-state index contributed by atoms with van der Waals surface area (Å²) in [6.07, 6.45) is 5.57. The molecular formula is C17H22Cl3N. The molecule has 0 spiro atoms. The summed E-state index contributed by atoms with van der Waals surface area (Å²) in [6, 6.07) is 10.5. The van der Waals surface area contributed by atoms with Gasteiger partial charge in [0.05, 0.1) is 4.87 Å². The first-order valence-corrected chi connectivity index (χ1v) is 8.43. The van der Waals surface area contributed by atoms with E-state index in [0.29, 0.717) is 11.8 Å². The second-order valence-corrected chi connectivity index (χ2v) is 8.85. The maximum Gasteiger partial charge on any atom is 0.0515 e. The number of halogens is 3. The summed E-state index contributed by atoms with van der Waals surface area (Å²) in [5.74, 6) is 1.69. The van der Waals surface area contributed by atoms with E-state index in [-0.39, 0.29) is 28.2 Å². The Bertz CT molecular complexity index is 522. The SMILES string of the molecule is Cl.N[C@@H](c1ccccc1)[C@H]1[C@H]2C[C@@H]3C[C@](Cl)(C2)C[C@@]1(Cl)C3. The molecule has 4 saturated carbocycles. The predicted molar refractivity (Wildman–Crippen MR) is 91.3 cm³/mol. The van der Waals surface area contributed by atoms with Crippen LogP contribution >= 0.6 is 35.6 Å². The van der Waals surface area contributed by atoms with Crippen LogP contribution in [0.15, 0.2) is 30.3 Å². The minimum atomic E-state index is -0.179. The van der Waals surface area contributed by atoms with Gasteiger partial charge in [0, 0.05) is 16.8 Å². The summed E-state index contributed by atoms with van der Waals surface area (Å²) in [5, 5.41) is 0. The van der Waals surface area contributed by atoms with Gasteiger partial charge in [0.2, 0.25) is 0 Å². The zero-order valence-electron chi connectivity index (χ0n) is 12.0. The molecule has 4 fully saturated rings. The molecule has 2 N–H and O–H groups in total. The maximum absolute atomic E-state index is 7.07. The van der Waals surface area contributed by atoms with Crippen molar-refractivity contribution in [1.82, 2.24) is 0 Å². The average molecular weight is 347 g/mol. The molecule has 21 heavy (non-hydrogen) atoms. The van der Waals surface area contributed by atoms with Crippen LogP contribution in [0.25, 0.3) is 0 Å². The van der Waals surface area contributed by atoms with Crippen molar-refractivity contribution >= 4 is 35.6 Å². The molecule has 4 heteroatoms. The van der Waals surface area contributed by atoms with Crippen molar-refractivity contribution in [3.8, 4) is 0 Å². The topological polar surface area (TPSA) is 26.0 Å². The van der Waals surface area contributed by atoms with Crippen LogP contribution in [0.3, 0.4) is 0 Å². The van der Waals surface area contributed by atoms with Crippen LogP contribution in [-0.4, -0.2) is 9.75 Å². The zero-order valence-corrected chi connectivity index (χ0v) is 14.3. The molecule has 4 bridgehead atoms. The summed E-state index contributed by atoms with van der Waals surface area (Å²) >= 11 is 13.9. The van der Waals surface area contributed by atoms with Crippen molar-refractivity contribution in [1.29, 1.82) is 0 Å². The van der Waals surface area contributed by atoms with Crippen LogP contribution in [0.2, 0.25) is 0 Å². The molecule has 4 aliphatic carbocycles. The minimum Gasteiger partial charge on any atom is -0.324 e. The predicted octanol–water partition coefficient (Wildman–Crippen LogP) is 4.90. The molecule has 1 nitrogen and oxygen atoms in total. The highest BCUT2D eigenvalue weighted by Crippen LogP contribution is 2.66. The van der Waals surface area contributed by atoms with Gasteiger partial charge in [-0.2, -0.15) is 0 Å². The minimum absolute atomic E-state index is 0. The van der Waals surface area contributed by atoms with Gasteiger partial charge in [-0.15, -0.1) is 35.6 Å². The van der Waals surface area contributed by atoms with E-state index in [1.807, 2.05) is 6.07 Å². The molecule has 6 atom stereocenters. The van der Waals surface area contributed by atoms with Gasteiger partial charge in [0.15, 0.2) is 0 Å². The third-order valence-corrected chi connectivity index (χ3v) is 6.82. The first-order valence-electron chi connectivity index (χ1n) is 7.68. The molecule has 4 aliphatic rings. The van der Waals surface area contributed by atoms with Crippen molar-refractivity contribution in [2.75, 3.05) is 0 Å². The quantitative estimate of drug-likeness (QED) is 0.757. The third kappa shape index (κ3) is 2.51. The van der Waals surface area contributed by atoms with Crippen molar-refractivity contribution in [3.05, 3.63) is 35.9 Å². The Kier molecular flexibility index (Phi) is 4.02. The Labute approximate surface area is 143 Å². The van der Waals surface area contributed by atoms with Crippen LogP contribution in [-0.2, 0) is 0 Å². The van der Waals surface area contributed by atoms with Crippen LogP contribution in [0.4, 0.5) is 0 Å². The monoisotopic (exact) mass is 345 g/mol. The molecule has 0 heterocycles. The summed E-state index contributed by atoms with van der Waals surface area (Å²) in [4.78, 5) is -0.221. The van der Waals surface area contributed by atoms with Crippen LogP contribution < -0.4 is 5.73 Å². The molecule has 0 radical (unpaired) electrons. The van der Waals surface area contributed by atoms with E-state index in [1.54, 1.807) is 0 Å². The number of alkyl halides is 2. The lowest BCUT2D eigenvalue weighted by Crippen LogP contribution is -2.61. The molecule has 0 amide bonds. The Morgan fingerprint density at radius 3 is 2.43 bits per heavy atom. The van der Waals surface area contributed by atoms with Gasteiger partial charge in [-0.05, 0) is 49.5 Å². The van der Waals surface area contributed by atoms with Crippen LogP contribution in [0, 0.1) is 17.8 Å². The Morgan fingerprint density at radius 1 is 1.10 bits per heavy atom. The summed E-state index contributed by atoms with van der Waals surface area (Å²) in [7, 11) is 0. The van der Waals surface area contributed by atoms with Gasteiger partial charge < -0.3 is 5.73 Å². The number of benzene rings is 1. The molecule has 0 aromatic heterocycles. The number of rotatable bonds is 2. The summed E-state index contributed by atoms with van der Waals surface area (Å²) in [5.41, 5.74) is 7.84. The maximum atomic E-state index is 7.07. The van der Waals surface area contributed by atoms with E-state index >= 15 is 0 Å². The van der Waals surface area contributed by atoms with E-state index < -0.39 is 0 Å². The molecule has 5 rings (SSSR count). The Morgan fingerprint density at radius 2 is 1.81 bits per heavy atom. The van der Waals surface area contributed by atoms with Gasteiger partial charge in [-0.25, -0.2) is 0 Å². The van der Waals surface area contributed by atoms with E-state index in [1.165, 1.54) is 12.0 Å². The lowest BCUT2D eigenvalue weighted by molar-refractivity contribution is -0.0187. The number of hydrogen-bond donors (Lipinski definition) is 1. The van der Waals surface area contributed by atoms with Gasteiger partial charge in [-0.3, -0.25) is 0 Å². The van der Waals surface area contributed by atoms with E-state index in [9.17, 15) is 0 Å². The standard InChI is InChI=1S/C17H21Cl2N.ClH/c18-16-7-11-6-13(9-16)14(17(19,8-11)10-16)15(20)12-4-2-1-3-5-12;/h1-5,11,13-15H,6-10,20H2;1H/t11-,13+,14-,15+,16+,17+;/m1./s1. The highest BCUT2D eigenvalue weighted by Gasteiger charge is 2.62. The van der Waals surface area contributed by atoms with Crippen molar-refractivity contribution in [2.24, 2.45) is 23.5 Å². The molecule has 1 aromatic carbocycles. The molecule has 0 saturated heterocycles. The average Bonchev–Trinajstić information content (AvgIpc) is 2.36. The van der Waals surface area contributed by atoms with Gasteiger partial charge in [0.1, 0.15) is 0 Å². The van der Waals surface area contributed by atoms with Crippen molar-refractivity contribution in [2.45, 2.75) is 47.9 Å². The molecule has 0 aliphatic heterocycles. The lowest BCUT2D eigenvalue weighted by Gasteiger charge is -2.63. The number of hydrogen-bond acceptors (Lipinski definition) is 1. The fourth-order valence-electron chi connectivity index (χ4n) is 5.49. The smallest absolute Gasteiger partial charge is 0.0515 e. The third-order valence-electron chi connectivity index (χ3n) is 5.83. The lowest BCUT2D eigenvalue weighted by atomic mass is 9.49. The second kappa shape index (κ2) is 5.30. The fourth-order valence-corrected chi connectivity index (χ4v) is 7.00. The van der Waals surface area contributed by atoms with Crippen LogP contribution in [0.1, 0.15) is 43.7 Å². The number of nitrogens with two attached hydrogens (primary N) is 1. The van der Waals surface area contributed by atoms with E-state index in [0.717, 1.165) is 31.6 Å². The van der Waals surface area contributed by atoms with E-state index in [2.05, 4.69) is 24.3 Å². The molecule has 0 unspecified atom stereocenters. The van der Waals surface area contributed by atoms with Crippen molar-refractivity contribution in [3.63, 3.8) is 0 Å². The fraction of sp³-hybridized carbons (Fsp3) is 0.647. The molecule has 116 valence electrons. The molecule has 1 aromatic rings. The highest BCUT2D eigenvalue weighted by molar-refractivity contribution is 6.28. The first kappa shape index (κ1) is 15.9. The zero-order chi connectivity index (χ0) is 14.0. The van der Waals surface area contributed by atoms with Gasteiger partial charge in [0.25, 0.3) is 0 Å². The van der Waals surface area contributed by atoms with E-state index in [4.69, 9.17) is 28.9 Å². The van der Waals surface area contributed by atoms with Gasteiger partial charge >= 0.3 is 0 Å². The molecular weight excluding hydrogens is 325 g/mol. The van der Waals surface area contributed by atoms with Crippen molar-refractivity contribution < 1.29 is 0 Å². The summed E-state index contributed by atoms with van der Waals surface area (Å²) in [6.45, 7) is 0. The Hall–Kier alpha value is 0.0500. The normalized spacial score (nSPS) is 45.2. The Balaban J connectivity index is 0.00000132. The largest absolute Gasteiger partial charge is 0.324 e. The second-order valence-electron chi connectivity index (χ2n) is 7.30. The van der Waals surface area contributed by atoms with Crippen LogP contribution in [0.5, 0.6) is 0 Å². The first-order chi connectivity index (χ1) is 9.49.